The molecule has 0 bridgehead atoms. The fourth-order valence-corrected chi connectivity index (χ4v) is 1.24. The van der Waals surface area contributed by atoms with Crippen molar-refractivity contribution in [2.24, 2.45) is 0 Å². The highest BCUT2D eigenvalue weighted by atomic mass is 16.3. The molecule has 0 aliphatic carbocycles. The zero-order chi connectivity index (χ0) is 9.97. The second-order valence-corrected chi connectivity index (χ2v) is 2.96. The molecule has 0 aromatic carbocycles. The lowest BCUT2D eigenvalue weighted by Crippen LogP contribution is -1.99. The summed E-state index contributed by atoms with van der Waals surface area (Å²) in [6.07, 6.45) is 5.65. The Kier molecular flexibility index (Phi) is 2.18. The summed E-state index contributed by atoms with van der Waals surface area (Å²) < 4.78 is 4.96. The molecule has 0 saturated carbocycles. The van der Waals surface area contributed by atoms with Crippen LogP contribution in [0, 0.1) is 0 Å². The quantitative estimate of drug-likeness (QED) is 0.783. The first-order chi connectivity index (χ1) is 6.81. The third-order valence-corrected chi connectivity index (χ3v) is 2.01. The number of nitrogens with zero attached hydrogens (tertiary/aromatic N) is 2. The van der Waals surface area contributed by atoms with E-state index in [1.165, 1.54) is 0 Å². The van der Waals surface area contributed by atoms with Crippen molar-refractivity contribution in [1.82, 2.24) is 9.97 Å². The average molecular weight is 189 g/mol. The van der Waals surface area contributed by atoms with Crippen LogP contribution in [0.2, 0.25) is 0 Å². The van der Waals surface area contributed by atoms with Crippen LogP contribution in [0.15, 0.2) is 29.2 Å². The third kappa shape index (κ3) is 1.46. The first-order valence-electron chi connectivity index (χ1n) is 4.45. The summed E-state index contributed by atoms with van der Waals surface area (Å²) in [6.45, 7) is 2.01. The van der Waals surface area contributed by atoms with Crippen molar-refractivity contribution in [2.75, 3.05) is 5.73 Å². The second-order valence-electron chi connectivity index (χ2n) is 2.96. The molecule has 4 heteroatoms. The summed E-state index contributed by atoms with van der Waals surface area (Å²) in [7, 11) is 0. The van der Waals surface area contributed by atoms with Crippen LogP contribution in [0.4, 0.5) is 5.69 Å². The van der Waals surface area contributed by atoms with Gasteiger partial charge in [-0.3, -0.25) is 0 Å². The summed E-state index contributed by atoms with van der Waals surface area (Å²) in [5, 5.41) is 0. The topological polar surface area (TPSA) is 64.9 Å². The Balaban J connectivity index is 2.46. The first kappa shape index (κ1) is 8.74. The first-order valence-corrected chi connectivity index (χ1v) is 4.45. The molecule has 0 aliphatic heterocycles. The van der Waals surface area contributed by atoms with Gasteiger partial charge in [0.1, 0.15) is 6.26 Å². The number of anilines is 1. The number of furan rings is 1. The van der Waals surface area contributed by atoms with E-state index in [1.807, 2.05) is 13.0 Å². The minimum atomic E-state index is 0.639. The fraction of sp³-hybridized carbons (Fsp3) is 0.200. The van der Waals surface area contributed by atoms with Gasteiger partial charge in [0.25, 0.3) is 0 Å². The standard InChI is InChI=1S/C10H11N3O/c1-2-9-8(11)5-12-10(13-9)7-3-4-14-6-7/h3-6H,2,11H2,1H3. The lowest BCUT2D eigenvalue weighted by atomic mass is 10.2. The predicted molar refractivity (Wildman–Crippen MR) is 53.5 cm³/mol. The molecule has 2 aromatic rings. The minimum Gasteiger partial charge on any atom is -0.472 e. The number of aromatic nitrogens is 2. The van der Waals surface area contributed by atoms with E-state index in [0.717, 1.165) is 17.7 Å². The molecule has 0 atom stereocenters. The van der Waals surface area contributed by atoms with Crippen LogP contribution in [0.1, 0.15) is 12.6 Å². The van der Waals surface area contributed by atoms with E-state index in [0.29, 0.717) is 11.5 Å². The SMILES string of the molecule is CCc1nc(-c2ccoc2)ncc1N. The molecule has 0 saturated heterocycles. The Hall–Kier alpha value is -1.84. The average Bonchev–Trinajstić information content (AvgIpc) is 2.71. The van der Waals surface area contributed by atoms with Crippen molar-refractivity contribution in [3.05, 3.63) is 30.5 Å². The number of nitrogens with two attached hydrogens (primary N) is 1. The van der Waals surface area contributed by atoms with E-state index in [-0.39, 0.29) is 0 Å². The number of hydrogen-bond acceptors (Lipinski definition) is 4. The summed E-state index contributed by atoms with van der Waals surface area (Å²) in [4.78, 5) is 8.47. The molecule has 2 aromatic heterocycles. The minimum absolute atomic E-state index is 0.639. The Morgan fingerprint density at radius 2 is 2.36 bits per heavy atom. The number of aryl methyl sites for hydroxylation is 1. The van der Waals surface area contributed by atoms with Gasteiger partial charge in [0.05, 0.1) is 29.4 Å². The third-order valence-electron chi connectivity index (χ3n) is 2.01. The number of rotatable bonds is 2. The van der Waals surface area contributed by atoms with Gasteiger partial charge < -0.3 is 10.2 Å². The Bertz CT molecular complexity index is 423. The molecule has 2 N–H and O–H groups in total. The van der Waals surface area contributed by atoms with Crippen molar-refractivity contribution in [3.63, 3.8) is 0 Å². The molecule has 72 valence electrons. The fourth-order valence-electron chi connectivity index (χ4n) is 1.24. The Morgan fingerprint density at radius 1 is 1.50 bits per heavy atom. The van der Waals surface area contributed by atoms with Gasteiger partial charge in [0.2, 0.25) is 0 Å². The maximum Gasteiger partial charge on any atom is 0.162 e. The second kappa shape index (κ2) is 3.49. The van der Waals surface area contributed by atoms with Crippen molar-refractivity contribution < 1.29 is 4.42 Å². The molecule has 2 rings (SSSR count). The van der Waals surface area contributed by atoms with Crippen LogP contribution in [-0.4, -0.2) is 9.97 Å². The van der Waals surface area contributed by atoms with E-state index >= 15 is 0 Å². The van der Waals surface area contributed by atoms with E-state index in [4.69, 9.17) is 10.2 Å². The van der Waals surface area contributed by atoms with Crippen molar-refractivity contribution in [1.29, 1.82) is 0 Å². The molecule has 0 amide bonds. The van der Waals surface area contributed by atoms with Gasteiger partial charge in [-0.1, -0.05) is 6.92 Å². The largest absolute Gasteiger partial charge is 0.472 e. The molecule has 4 nitrogen and oxygen atoms in total. The molecule has 0 spiro atoms. The van der Waals surface area contributed by atoms with Crippen molar-refractivity contribution in [3.8, 4) is 11.4 Å². The zero-order valence-electron chi connectivity index (χ0n) is 7.90. The highest BCUT2D eigenvalue weighted by Gasteiger charge is 2.05. The summed E-state index contributed by atoms with van der Waals surface area (Å²) >= 11 is 0. The van der Waals surface area contributed by atoms with Gasteiger partial charge in [0, 0.05) is 0 Å². The highest BCUT2D eigenvalue weighted by molar-refractivity contribution is 5.55. The molecule has 0 fully saturated rings. The summed E-state index contributed by atoms with van der Waals surface area (Å²) in [6, 6.07) is 1.82. The predicted octanol–water partition coefficient (Wildman–Crippen LogP) is 1.88. The van der Waals surface area contributed by atoms with E-state index < -0.39 is 0 Å². The summed E-state index contributed by atoms with van der Waals surface area (Å²) in [5.74, 6) is 0.657. The summed E-state index contributed by atoms with van der Waals surface area (Å²) in [5.41, 5.74) is 8.09. The molecular weight excluding hydrogens is 178 g/mol. The van der Waals surface area contributed by atoms with Crippen molar-refractivity contribution in [2.45, 2.75) is 13.3 Å². The smallest absolute Gasteiger partial charge is 0.162 e. The van der Waals surface area contributed by atoms with Crippen LogP contribution in [0.25, 0.3) is 11.4 Å². The van der Waals surface area contributed by atoms with E-state index in [9.17, 15) is 0 Å². The molecule has 2 heterocycles. The lowest BCUT2D eigenvalue weighted by molar-refractivity contribution is 0.568. The Morgan fingerprint density at radius 3 is 3.00 bits per heavy atom. The van der Waals surface area contributed by atoms with Crippen molar-refractivity contribution >= 4 is 5.69 Å². The monoisotopic (exact) mass is 189 g/mol. The molecular formula is C10H11N3O. The number of nitrogen functional groups attached to an aromatic ring is 1. The van der Waals surface area contributed by atoms with Gasteiger partial charge >= 0.3 is 0 Å². The lowest BCUT2D eigenvalue weighted by Gasteiger charge is -2.02. The maximum absolute atomic E-state index is 5.70. The van der Waals surface area contributed by atoms with Gasteiger partial charge in [-0.05, 0) is 12.5 Å². The zero-order valence-corrected chi connectivity index (χ0v) is 7.90. The molecule has 0 radical (unpaired) electrons. The van der Waals surface area contributed by atoms with Gasteiger partial charge in [-0.25, -0.2) is 9.97 Å². The molecule has 14 heavy (non-hydrogen) atoms. The number of hydrogen-bond donors (Lipinski definition) is 1. The van der Waals surface area contributed by atoms with Crippen LogP contribution in [0.3, 0.4) is 0 Å². The maximum atomic E-state index is 5.70. The van der Waals surface area contributed by atoms with E-state index in [2.05, 4.69) is 9.97 Å². The van der Waals surface area contributed by atoms with Gasteiger partial charge in [0.15, 0.2) is 5.82 Å². The van der Waals surface area contributed by atoms with Crippen LogP contribution < -0.4 is 5.73 Å². The molecule has 0 aliphatic rings. The van der Waals surface area contributed by atoms with Gasteiger partial charge in [-0.15, -0.1) is 0 Å². The normalized spacial score (nSPS) is 10.4. The van der Waals surface area contributed by atoms with Crippen LogP contribution >= 0.6 is 0 Å². The van der Waals surface area contributed by atoms with Crippen LogP contribution in [0.5, 0.6) is 0 Å². The Labute approximate surface area is 81.8 Å². The van der Waals surface area contributed by atoms with Crippen LogP contribution in [-0.2, 0) is 6.42 Å². The van der Waals surface area contributed by atoms with Gasteiger partial charge in [-0.2, -0.15) is 0 Å². The molecule has 0 unspecified atom stereocenters. The highest BCUT2D eigenvalue weighted by Crippen LogP contribution is 2.17. The van der Waals surface area contributed by atoms with E-state index in [1.54, 1.807) is 18.7 Å².